The summed E-state index contributed by atoms with van der Waals surface area (Å²) in [6.07, 6.45) is 1.74. The number of nitrogens with zero attached hydrogens (tertiary/aromatic N) is 1. The van der Waals surface area contributed by atoms with E-state index in [1.807, 2.05) is 44.3 Å². The van der Waals surface area contributed by atoms with Crippen molar-refractivity contribution in [3.05, 3.63) is 52.1 Å². The predicted molar refractivity (Wildman–Crippen MR) is 76.0 cm³/mol. The van der Waals surface area contributed by atoms with E-state index in [-0.39, 0.29) is 0 Å². The van der Waals surface area contributed by atoms with Crippen LogP contribution in [0, 0.1) is 6.92 Å². The van der Waals surface area contributed by atoms with Crippen molar-refractivity contribution in [3.63, 3.8) is 0 Å². The zero-order valence-electron chi connectivity index (χ0n) is 10.4. The molecular weight excluding hydrogens is 292 g/mol. The lowest BCUT2D eigenvalue weighted by Gasteiger charge is -2.08. The van der Waals surface area contributed by atoms with E-state index in [0.717, 1.165) is 22.3 Å². The van der Waals surface area contributed by atoms with Gasteiger partial charge in [-0.3, -0.25) is 0 Å². The van der Waals surface area contributed by atoms with Crippen LogP contribution in [-0.2, 0) is 6.54 Å². The van der Waals surface area contributed by atoms with Crippen LogP contribution in [-0.4, -0.2) is 12.0 Å². The summed E-state index contributed by atoms with van der Waals surface area (Å²) < 4.78 is 6.64. The lowest BCUT2D eigenvalue weighted by atomic mass is 10.2. The van der Waals surface area contributed by atoms with Crippen LogP contribution in [0.2, 0.25) is 0 Å². The van der Waals surface area contributed by atoms with Gasteiger partial charge in [-0.1, -0.05) is 12.1 Å². The van der Waals surface area contributed by atoms with Crippen molar-refractivity contribution in [2.24, 2.45) is 0 Å². The van der Waals surface area contributed by atoms with Gasteiger partial charge in [-0.2, -0.15) is 0 Å². The Balaban J connectivity index is 2.16. The number of aryl methyl sites for hydroxylation is 1. The molecule has 0 unspecified atom stereocenters. The van der Waals surface area contributed by atoms with E-state index in [4.69, 9.17) is 4.74 Å². The van der Waals surface area contributed by atoms with Gasteiger partial charge < -0.3 is 10.1 Å². The summed E-state index contributed by atoms with van der Waals surface area (Å²) in [6.45, 7) is 2.86. The lowest BCUT2D eigenvalue weighted by Crippen LogP contribution is -2.04. The number of hydrogen-bond acceptors (Lipinski definition) is 3. The summed E-state index contributed by atoms with van der Waals surface area (Å²) in [5.74, 6) is 1.38. The molecule has 0 radical (unpaired) electrons. The van der Waals surface area contributed by atoms with Gasteiger partial charge in [0.05, 0.1) is 4.47 Å². The number of ether oxygens (including phenoxy) is 1. The number of benzene rings is 1. The van der Waals surface area contributed by atoms with Crippen molar-refractivity contribution in [2.75, 3.05) is 7.05 Å². The predicted octanol–water partition coefficient (Wildman–Crippen LogP) is 3.66. The first kappa shape index (κ1) is 13.1. The van der Waals surface area contributed by atoms with Gasteiger partial charge in [0.15, 0.2) is 0 Å². The molecule has 1 aromatic heterocycles. The van der Waals surface area contributed by atoms with Crippen molar-refractivity contribution < 1.29 is 4.74 Å². The van der Waals surface area contributed by atoms with Crippen molar-refractivity contribution in [2.45, 2.75) is 13.5 Å². The molecule has 0 saturated heterocycles. The Bertz CT molecular complexity index is 526. The van der Waals surface area contributed by atoms with Gasteiger partial charge in [0, 0.05) is 12.7 Å². The molecular formula is C14H15BrN2O. The summed E-state index contributed by atoms with van der Waals surface area (Å²) in [5, 5.41) is 3.11. The van der Waals surface area contributed by atoms with E-state index in [9.17, 15) is 0 Å². The van der Waals surface area contributed by atoms with E-state index >= 15 is 0 Å². The van der Waals surface area contributed by atoms with Crippen LogP contribution >= 0.6 is 15.9 Å². The molecule has 1 heterocycles. The molecule has 1 aromatic carbocycles. The van der Waals surface area contributed by atoms with Crippen LogP contribution in [0.1, 0.15) is 11.1 Å². The van der Waals surface area contributed by atoms with Gasteiger partial charge in [-0.15, -0.1) is 0 Å². The quantitative estimate of drug-likeness (QED) is 0.936. The number of hydrogen-bond donors (Lipinski definition) is 1. The smallest absolute Gasteiger partial charge is 0.233 e. The van der Waals surface area contributed by atoms with Gasteiger partial charge >= 0.3 is 0 Å². The zero-order chi connectivity index (χ0) is 13.0. The SMILES string of the molecule is CNCc1ccc(Oc2nccc(C)c2Br)cc1. The van der Waals surface area contributed by atoms with Gasteiger partial charge in [0.25, 0.3) is 0 Å². The minimum absolute atomic E-state index is 0.594. The molecule has 2 aromatic rings. The third-order valence-corrected chi connectivity index (χ3v) is 3.53. The molecule has 0 fully saturated rings. The second-order valence-electron chi connectivity index (χ2n) is 4.02. The van der Waals surface area contributed by atoms with Gasteiger partial charge in [-0.25, -0.2) is 4.98 Å². The fourth-order valence-electron chi connectivity index (χ4n) is 1.58. The summed E-state index contributed by atoms with van der Waals surface area (Å²) in [7, 11) is 1.93. The first-order chi connectivity index (χ1) is 8.70. The Morgan fingerprint density at radius 1 is 1.22 bits per heavy atom. The van der Waals surface area contributed by atoms with E-state index < -0.39 is 0 Å². The summed E-state index contributed by atoms with van der Waals surface area (Å²) in [4.78, 5) is 4.21. The molecule has 0 saturated carbocycles. The standard InChI is InChI=1S/C14H15BrN2O/c1-10-7-8-17-14(13(10)15)18-12-5-3-11(4-6-12)9-16-2/h3-8,16H,9H2,1-2H3. The maximum absolute atomic E-state index is 5.74. The van der Waals surface area contributed by atoms with E-state index in [0.29, 0.717) is 5.88 Å². The minimum Gasteiger partial charge on any atom is -0.438 e. The fourth-order valence-corrected chi connectivity index (χ4v) is 1.89. The fraction of sp³-hybridized carbons (Fsp3) is 0.214. The number of aromatic nitrogens is 1. The highest BCUT2D eigenvalue weighted by Crippen LogP contribution is 2.29. The first-order valence-electron chi connectivity index (χ1n) is 5.73. The van der Waals surface area contributed by atoms with Crippen molar-refractivity contribution >= 4 is 15.9 Å². The second kappa shape index (κ2) is 5.98. The molecule has 4 heteroatoms. The Morgan fingerprint density at radius 3 is 2.61 bits per heavy atom. The molecule has 1 N–H and O–H groups in total. The summed E-state index contributed by atoms with van der Waals surface area (Å²) in [5.41, 5.74) is 2.33. The van der Waals surface area contributed by atoms with Crippen LogP contribution in [0.5, 0.6) is 11.6 Å². The highest BCUT2D eigenvalue weighted by molar-refractivity contribution is 9.10. The monoisotopic (exact) mass is 306 g/mol. The maximum atomic E-state index is 5.74. The van der Waals surface area contributed by atoms with Crippen LogP contribution in [0.4, 0.5) is 0 Å². The maximum Gasteiger partial charge on any atom is 0.233 e. The molecule has 0 aliphatic rings. The Hall–Kier alpha value is -1.39. The average molecular weight is 307 g/mol. The summed E-state index contributed by atoms with van der Waals surface area (Å²) in [6, 6.07) is 9.91. The van der Waals surface area contributed by atoms with Crippen molar-refractivity contribution in [1.29, 1.82) is 0 Å². The van der Waals surface area contributed by atoms with Gasteiger partial charge in [0.1, 0.15) is 5.75 Å². The average Bonchev–Trinajstić information content (AvgIpc) is 2.38. The van der Waals surface area contributed by atoms with Gasteiger partial charge in [0.2, 0.25) is 5.88 Å². The van der Waals surface area contributed by atoms with Crippen LogP contribution in [0.3, 0.4) is 0 Å². The molecule has 18 heavy (non-hydrogen) atoms. The molecule has 0 atom stereocenters. The van der Waals surface area contributed by atoms with Gasteiger partial charge in [-0.05, 0) is 59.2 Å². The molecule has 0 aliphatic carbocycles. The Labute approximate surface area is 115 Å². The lowest BCUT2D eigenvalue weighted by molar-refractivity contribution is 0.459. The van der Waals surface area contributed by atoms with Crippen LogP contribution < -0.4 is 10.1 Å². The second-order valence-corrected chi connectivity index (χ2v) is 4.82. The number of rotatable bonds is 4. The molecule has 94 valence electrons. The Morgan fingerprint density at radius 2 is 1.94 bits per heavy atom. The third-order valence-electron chi connectivity index (χ3n) is 2.57. The molecule has 0 aliphatic heterocycles. The summed E-state index contributed by atoms with van der Waals surface area (Å²) >= 11 is 3.48. The number of nitrogens with one attached hydrogen (secondary N) is 1. The molecule has 2 rings (SSSR count). The number of pyridine rings is 1. The minimum atomic E-state index is 0.594. The highest BCUT2D eigenvalue weighted by atomic mass is 79.9. The zero-order valence-corrected chi connectivity index (χ0v) is 12.0. The first-order valence-corrected chi connectivity index (χ1v) is 6.52. The van der Waals surface area contributed by atoms with E-state index in [1.54, 1.807) is 6.20 Å². The Kier molecular flexibility index (Phi) is 4.33. The number of halogens is 1. The molecule has 0 spiro atoms. The van der Waals surface area contributed by atoms with E-state index in [2.05, 4.69) is 26.2 Å². The van der Waals surface area contributed by atoms with Crippen molar-refractivity contribution in [1.82, 2.24) is 10.3 Å². The van der Waals surface area contributed by atoms with Crippen LogP contribution in [0.25, 0.3) is 0 Å². The van der Waals surface area contributed by atoms with E-state index in [1.165, 1.54) is 5.56 Å². The van der Waals surface area contributed by atoms with Crippen molar-refractivity contribution in [3.8, 4) is 11.6 Å². The third kappa shape index (κ3) is 3.09. The molecule has 3 nitrogen and oxygen atoms in total. The van der Waals surface area contributed by atoms with Crippen LogP contribution in [0.15, 0.2) is 41.0 Å². The highest BCUT2D eigenvalue weighted by Gasteiger charge is 2.06. The largest absolute Gasteiger partial charge is 0.438 e. The molecule has 0 bridgehead atoms. The topological polar surface area (TPSA) is 34.1 Å². The normalized spacial score (nSPS) is 10.4. The molecule has 0 amide bonds.